The molecule has 1 aliphatic carbocycles. The quantitative estimate of drug-likeness (QED) is 0.846. The number of methoxy groups -OCH3 is 3. The first-order valence-corrected chi connectivity index (χ1v) is 8.70. The fraction of sp³-hybridized carbons (Fsp3) is 0.474. The summed E-state index contributed by atoms with van der Waals surface area (Å²) in [5.74, 6) is 1.89. The lowest BCUT2D eigenvalue weighted by Crippen LogP contribution is -2.13. The maximum absolute atomic E-state index is 11.9. The lowest BCUT2D eigenvalue weighted by atomic mass is 9.89. The second-order valence-electron chi connectivity index (χ2n) is 6.34. The van der Waals surface area contributed by atoms with Gasteiger partial charge in [-0.1, -0.05) is 19.3 Å². The lowest BCUT2D eigenvalue weighted by Gasteiger charge is -2.18. The fourth-order valence-electron chi connectivity index (χ4n) is 3.44. The summed E-state index contributed by atoms with van der Waals surface area (Å²) < 4.78 is 22.1. The SMILES string of the molecule is COc1cc(-c2oc(C3CCCCC3)nc2C(N)=O)cc(OC)c1OC. The molecule has 1 aliphatic rings. The number of nitrogens with two attached hydrogens (primary N) is 1. The molecule has 1 aromatic heterocycles. The zero-order chi connectivity index (χ0) is 18.7. The number of hydrogen-bond acceptors (Lipinski definition) is 6. The Bertz CT molecular complexity index is 768. The number of hydrogen-bond donors (Lipinski definition) is 1. The molecule has 26 heavy (non-hydrogen) atoms. The second-order valence-corrected chi connectivity index (χ2v) is 6.34. The van der Waals surface area contributed by atoms with Gasteiger partial charge in [-0.15, -0.1) is 0 Å². The highest BCUT2D eigenvalue weighted by Gasteiger charge is 2.27. The van der Waals surface area contributed by atoms with Crippen LogP contribution >= 0.6 is 0 Å². The molecule has 1 saturated carbocycles. The Morgan fingerprint density at radius 3 is 2.19 bits per heavy atom. The molecule has 0 bridgehead atoms. The van der Waals surface area contributed by atoms with Gasteiger partial charge < -0.3 is 24.4 Å². The molecule has 0 unspecified atom stereocenters. The third-order valence-corrected chi connectivity index (χ3v) is 4.76. The number of rotatable bonds is 6. The highest BCUT2D eigenvalue weighted by Crippen LogP contribution is 2.43. The van der Waals surface area contributed by atoms with Gasteiger partial charge in [-0.3, -0.25) is 4.79 Å². The summed E-state index contributed by atoms with van der Waals surface area (Å²) in [5.41, 5.74) is 6.27. The van der Waals surface area contributed by atoms with E-state index in [0.717, 1.165) is 25.7 Å². The predicted octanol–water partition coefficient (Wildman–Crippen LogP) is 3.51. The molecule has 3 rings (SSSR count). The van der Waals surface area contributed by atoms with Gasteiger partial charge in [0.1, 0.15) is 0 Å². The molecular weight excluding hydrogens is 336 g/mol. The van der Waals surface area contributed by atoms with Crippen molar-refractivity contribution in [3.05, 3.63) is 23.7 Å². The Morgan fingerprint density at radius 2 is 1.69 bits per heavy atom. The van der Waals surface area contributed by atoms with Crippen LogP contribution in [0.4, 0.5) is 0 Å². The van der Waals surface area contributed by atoms with Gasteiger partial charge in [0.25, 0.3) is 5.91 Å². The van der Waals surface area contributed by atoms with E-state index in [4.69, 9.17) is 24.4 Å². The first-order valence-electron chi connectivity index (χ1n) is 8.70. The van der Waals surface area contributed by atoms with Crippen molar-refractivity contribution in [2.24, 2.45) is 5.73 Å². The summed E-state index contributed by atoms with van der Waals surface area (Å²) in [6.45, 7) is 0. The first kappa shape index (κ1) is 18.1. The summed E-state index contributed by atoms with van der Waals surface area (Å²) in [4.78, 5) is 16.3. The largest absolute Gasteiger partial charge is 0.493 e. The van der Waals surface area contributed by atoms with E-state index in [9.17, 15) is 4.79 Å². The number of carbonyl (C=O) groups excluding carboxylic acids is 1. The Morgan fingerprint density at radius 1 is 1.08 bits per heavy atom. The van der Waals surface area contributed by atoms with Crippen LogP contribution in [0.3, 0.4) is 0 Å². The summed E-state index contributed by atoms with van der Waals surface area (Å²) in [6, 6.07) is 3.44. The molecule has 7 heteroatoms. The van der Waals surface area contributed by atoms with E-state index in [0.29, 0.717) is 34.5 Å². The number of oxazole rings is 1. The van der Waals surface area contributed by atoms with Crippen LogP contribution in [0.5, 0.6) is 17.2 Å². The summed E-state index contributed by atoms with van der Waals surface area (Å²) in [6.07, 6.45) is 5.51. The maximum atomic E-state index is 11.9. The summed E-state index contributed by atoms with van der Waals surface area (Å²) in [7, 11) is 4.60. The zero-order valence-electron chi connectivity index (χ0n) is 15.3. The highest BCUT2D eigenvalue weighted by molar-refractivity contribution is 5.96. The van der Waals surface area contributed by atoms with Crippen LogP contribution in [0, 0.1) is 0 Å². The lowest BCUT2D eigenvalue weighted by molar-refractivity contribution is 0.0996. The van der Waals surface area contributed by atoms with Crippen LogP contribution in [0.25, 0.3) is 11.3 Å². The van der Waals surface area contributed by atoms with Crippen molar-refractivity contribution in [1.29, 1.82) is 0 Å². The van der Waals surface area contributed by atoms with Crippen molar-refractivity contribution in [1.82, 2.24) is 4.98 Å². The first-order chi connectivity index (χ1) is 12.6. The molecule has 2 aromatic rings. The molecule has 1 amide bonds. The van der Waals surface area contributed by atoms with Crippen LogP contribution in [0.2, 0.25) is 0 Å². The van der Waals surface area contributed by atoms with Gasteiger partial charge in [0.2, 0.25) is 5.75 Å². The van der Waals surface area contributed by atoms with Gasteiger partial charge in [0, 0.05) is 11.5 Å². The van der Waals surface area contributed by atoms with Gasteiger partial charge in [-0.25, -0.2) is 4.98 Å². The Hall–Kier alpha value is -2.70. The van der Waals surface area contributed by atoms with Crippen LogP contribution < -0.4 is 19.9 Å². The minimum Gasteiger partial charge on any atom is -0.493 e. The van der Waals surface area contributed by atoms with E-state index >= 15 is 0 Å². The van der Waals surface area contributed by atoms with E-state index in [1.807, 2.05) is 0 Å². The van der Waals surface area contributed by atoms with Gasteiger partial charge in [-0.05, 0) is 25.0 Å². The molecule has 140 valence electrons. The van der Waals surface area contributed by atoms with E-state index in [1.165, 1.54) is 27.8 Å². The van der Waals surface area contributed by atoms with Crippen LogP contribution in [-0.4, -0.2) is 32.2 Å². The van der Waals surface area contributed by atoms with Crippen molar-refractivity contribution in [2.75, 3.05) is 21.3 Å². The smallest absolute Gasteiger partial charge is 0.271 e. The number of primary amides is 1. The molecule has 0 aliphatic heterocycles. The molecule has 2 N–H and O–H groups in total. The molecule has 1 fully saturated rings. The van der Waals surface area contributed by atoms with Crippen molar-refractivity contribution < 1.29 is 23.4 Å². The third-order valence-electron chi connectivity index (χ3n) is 4.76. The fourth-order valence-corrected chi connectivity index (χ4v) is 3.44. The van der Waals surface area contributed by atoms with E-state index in [1.54, 1.807) is 12.1 Å². The van der Waals surface area contributed by atoms with Crippen LogP contribution in [0.15, 0.2) is 16.5 Å². The van der Waals surface area contributed by atoms with Crippen LogP contribution in [0.1, 0.15) is 54.4 Å². The van der Waals surface area contributed by atoms with Gasteiger partial charge in [-0.2, -0.15) is 0 Å². The molecule has 0 saturated heterocycles. The summed E-state index contributed by atoms with van der Waals surface area (Å²) >= 11 is 0. The number of nitrogens with zero attached hydrogens (tertiary/aromatic N) is 1. The predicted molar refractivity (Wildman–Crippen MR) is 95.9 cm³/mol. The molecule has 1 aromatic carbocycles. The van der Waals surface area contributed by atoms with Gasteiger partial charge in [0.05, 0.1) is 21.3 Å². The minimum absolute atomic E-state index is 0.125. The maximum Gasteiger partial charge on any atom is 0.271 e. The monoisotopic (exact) mass is 360 g/mol. The number of aromatic nitrogens is 1. The zero-order valence-corrected chi connectivity index (χ0v) is 15.3. The Kier molecular flexibility index (Phi) is 5.35. The summed E-state index contributed by atoms with van der Waals surface area (Å²) in [5, 5.41) is 0. The highest BCUT2D eigenvalue weighted by atomic mass is 16.5. The van der Waals surface area contributed by atoms with E-state index in [-0.39, 0.29) is 11.6 Å². The molecular formula is C19H24N2O5. The molecule has 0 spiro atoms. The molecule has 1 heterocycles. The van der Waals surface area contributed by atoms with E-state index < -0.39 is 5.91 Å². The standard InChI is InChI=1S/C19H24N2O5/c1-23-13-9-12(10-14(24-2)17(13)25-3)16-15(18(20)22)21-19(26-16)11-7-5-4-6-8-11/h9-11H,4-8H2,1-3H3,(H2,20,22). The van der Waals surface area contributed by atoms with Crippen molar-refractivity contribution in [2.45, 2.75) is 38.0 Å². The average Bonchev–Trinajstić information content (AvgIpc) is 3.13. The second kappa shape index (κ2) is 7.68. The van der Waals surface area contributed by atoms with Crippen molar-refractivity contribution >= 4 is 5.91 Å². The number of amides is 1. The number of carbonyl (C=O) groups is 1. The third kappa shape index (κ3) is 3.34. The van der Waals surface area contributed by atoms with Crippen LogP contribution in [-0.2, 0) is 0 Å². The van der Waals surface area contributed by atoms with Crippen molar-refractivity contribution in [3.63, 3.8) is 0 Å². The topological polar surface area (TPSA) is 96.8 Å². The number of benzene rings is 1. The van der Waals surface area contributed by atoms with E-state index in [2.05, 4.69) is 4.98 Å². The molecule has 7 nitrogen and oxygen atoms in total. The molecule has 0 atom stereocenters. The van der Waals surface area contributed by atoms with Crippen molar-refractivity contribution in [3.8, 4) is 28.6 Å². The minimum atomic E-state index is -0.625. The normalized spacial score (nSPS) is 14.9. The van der Waals surface area contributed by atoms with Gasteiger partial charge >= 0.3 is 0 Å². The average molecular weight is 360 g/mol. The Balaban J connectivity index is 2.10. The van der Waals surface area contributed by atoms with Gasteiger partial charge in [0.15, 0.2) is 28.8 Å². The number of ether oxygens (including phenoxy) is 3. The Labute approximate surface area is 152 Å². The molecule has 0 radical (unpaired) electrons.